The number of fused-ring (bicyclic) bond motifs is 1. The zero-order valence-corrected chi connectivity index (χ0v) is 12.1. The number of carbonyl (C=O) groups is 2. The van der Waals surface area contributed by atoms with Crippen LogP contribution in [0.3, 0.4) is 0 Å². The molecule has 2 amide bonds. The highest BCUT2D eigenvalue weighted by molar-refractivity contribution is 5.94. The van der Waals surface area contributed by atoms with E-state index >= 15 is 0 Å². The lowest BCUT2D eigenvalue weighted by Gasteiger charge is -2.12. The molecule has 2 unspecified atom stereocenters. The SMILES string of the molecule is COCC(=O)Nc1ccc(NC(=O)C2CC3CC3C2)cc1. The third-order valence-electron chi connectivity index (χ3n) is 4.33. The molecule has 0 radical (unpaired) electrons. The fourth-order valence-corrected chi connectivity index (χ4v) is 3.14. The smallest absolute Gasteiger partial charge is 0.250 e. The fraction of sp³-hybridized carbons (Fsp3) is 0.500. The van der Waals surface area contributed by atoms with E-state index in [0.29, 0.717) is 5.69 Å². The van der Waals surface area contributed by atoms with Crippen LogP contribution >= 0.6 is 0 Å². The summed E-state index contributed by atoms with van der Waals surface area (Å²) in [5.41, 5.74) is 1.46. The van der Waals surface area contributed by atoms with Crippen molar-refractivity contribution in [3.05, 3.63) is 24.3 Å². The van der Waals surface area contributed by atoms with E-state index in [-0.39, 0.29) is 24.3 Å². The highest BCUT2D eigenvalue weighted by atomic mass is 16.5. The van der Waals surface area contributed by atoms with Gasteiger partial charge in [0.2, 0.25) is 11.8 Å². The molecule has 2 aliphatic rings. The van der Waals surface area contributed by atoms with Crippen LogP contribution in [0.1, 0.15) is 19.3 Å². The van der Waals surface area contributed by atoms with Gasteiger partial charge < -0.3 is 15.4 Å². The fourth-order valence-electron chi connectivity index (χ4n) is 3.14. The number of rotatable bonds is 5. The number of ether oxygens (including phenoxy) is 1. The molecule has 2 atom stereocenters. The second-order valence-electron chi connectivity index (χ2n) is 5.97. The maximum Gasteiger partial charge on any atom is 0.250 e. The van der Waals surface area contributed by atoms with Crippen LogP contribution in [0.5, 0.6) is 0 Å². The van der Waals surface area contributed by atoms with E-state index in [1.54, 1.807) is 24.3 Å². The Hall–Kier alpha value is -1.88. The highest BCUT2D eigenvalue weighted by Crippen LogP contribution is 2.54. The Bertz CT molecular complexity index is 531. The van der Waals surface area contributed by atoms with Gasteiger partial charge in [-0.05, 0) is 55.4 Å². The standard InChI is InChI=1S/C16H20N2O3/c1-21-9-15(19)17-13-2-4-14(5-3-13)18-16(20)12-7-10-6-11(10)8-12/h2-5,10-12H,6-9H2,1H3,(H,17,19)(H,18,20). The van der Waals surface area contributed by atoms with Crippen molar-refractivity contribution < 1.29 is 14.3 Å². The lowest BCUT2D eigenvalue weighted by atomic mass is 10.0. The zero-order valence-electron chi connectivity index (χ0n) is 12.1. The molecule has 1 aromatic rings. The van der Waals surface area contributed by atoms with Gasteiger partial charge in [-0.3, -0.25) is 9.59 Å². The molecule has 0 aromatic heterocycles. The molecule has 5 heteroatoms. The molecule has 3 rings (SSSR count). The second-order valence-corrected chi connectivity index (χ2v) is 5.97. The van der Waals surface area contributed by atoms with Crippen molar-refractivity contribution in [1.29, 1.82) is 0 Å². The Balaban J connectivity index is 1.52. The molecule has 0 bridgehead atoms. The third-order valence-corrected chi connectivity index (χ3v) is 4.33. The lowest BCUT2D eigenvalue weighted by molar-refractivity contribution is -0.120. The number of amides is 2. The second kappa shape index (κ2) is 5.85. The van der Waals surface area contributed by atoms with Gasteiger partial charge in [0.05, 0.1) is 0 Å². The van der Waals surface area contributed by atoms with E-state index in [1.165, 1.54) is 13.5 Å². The first-order chi connectivity index (χ1) is 10.2. The summed E-state index contributed by atoms with van der Waals surface area (Å²) in [5.74, 6) is 1.71. The topological polar surface area (TPSA) is 67.4 Å². The predicted molar refractivity (Wildman–Crippen MR) is 79.9 cm³/mol. The molecular weight excluding hydrogens is 268 g/mol. The van der Waals surface area contributed by atoms with Crippen molar-refractivity contribution in [2.24, 2.45) is 17.8 Å². The molecule has 112 valence electrons. The van der Waals surface area contributed by atoms with Gasteiger partial charge in [-0.1, -0.05) is 0 Å². The van der Waals surface area contributed by atoms with Gasteiger partial charge in [-0.15, -0.1) is 0 Å². The summed E-state index contributed by atoms with van der Waals surface area (Å²) in [4.78, 5) is 23.5. The van der Waals surface area contributed by atoms with Crippen LogP contribution in [0.25, 0.3) is 0 Å². The lowest BCUT2D eigenvalue weighted by Crippen LogP contribution is -2.21. The summed E-state index contributed by atoms with van der Waals surface area (Å²) in [6.07, 6.45) is 3.41. The van der Waals surface area contributed by atoms with Crippen LogP contribution < -0.4 is 10.6 Å². The van der Waals surface area contributed by atoms with Crippen molar-refractivity contribution >= 4 is 23.2 Å². The summed E-state index contributed by atoms with van der Waals surface area (Å²) in [6.45, 7) is 0.0303. The van der Waals surface area contributed by atoms with Gasteiger partial charge in [0.1, 0.15) is 6.61 Å². The summed E-state index contributed by atoms with van der Waals surface area (Å²) in [7, 11) is 1.48. The first kappa shape index (κ1) is 14.1. The maximum atomic E-state index is 12.1. The Morgan fingerprint density at radius 2 is 1.62 bits per heavy atom. The Labute approximate surface area is 124 Å². The van der Waals surface area contributed by atoms with E-state index in [1.807, 2.05) is 0 Å². The highest BCUT2D eigenvalue weighted by Gasteiger charge is 2.47. The first-order valence-corrected chi connectivity index (χ1v) is 7.35. The largest absolute Gasteiger partial charge is 0.375 e. The minimum Gasteiger partial charge on any atom is -0.375 e. The predicted octanol–water partition coefficient (Wildman–Crippen LogP) is 2.26. The minimum absolute atomic E-state index is 0.0303. The van der Waals surface area contributed by atoms with Gasteiger partial charge in [0.15, 0.2) is 0 Å². The molecule has 2 aliphatic carbocycles. The monoisotopic (exact) mass is 288 g/mol. The Morgan fingerprint density at radius 3 is 2.19 bits per heavy atom. The molecule has 0 heterocycles. The number of carbonyl (C=O) groups excluding carboxylic acids is 2. The van der Waals surface area contributed by atoms with Crippen LogP contribution in [0.4, 0.5) is 11.4 Å². The summed E-state index contributed by atoms with van der Waals surface area (Å²) in [5, 5.41) is 5.67. The van der Waals surface area contributed by atoms with Gasteiger partial charge in [-0.2, -0.15) is 0 Å². The molecule has 2 fully saturated rings. The molecule has 2 saturated carbocycles. The van der Waals surface area contributed by atoms with Gasteiger partial charge in [-0.25, -0.2) is 0 Å². The van der Waals surface area contributed by atoms with Crippen molar-refractivity contribution in [3.8, 4) is 0 Å². The van der Waals surface area contributed by atoms with E-state index in [9.17, 15) is 9.59 Å². The van der Waals surface area contributed by atoms with Crippen LogP contribution in [-0.4, -0.2) is 25.5 Å². The molecule has 5 nitrogen and oxygen atoms in total. The van der Waals surface area contributed by atoms with Crippen LogP contribution in [0.15, 0.2) is 24.3 Å². The Morgan fingerprint density at radius 1 is 1.05 bits per heavy atom. The zero-order chi connectivity index (χ0) is 14.8. The normalized spacial score (nSPS) is 26.0. The van der Waals surface area contributed by atoms with Crippen LogP contribution in [-0.2, 0) is 14.3 Å². The number of benzene rings is 1. The van der Waals surface area contributed by atoms with Crippen molar-refractivity contribution in [2.75, 3.05) is 24.4 Å². The van der Waals surface area contributed by atoms with Crippen LogP contribution in [0.2, 0.25) is 0 Å². The average molecular weight is 288 g/mol. The first-order valence-electron chi connectivity index (χ1n) is 7.35. The summed E-state index contributed by atoms with van der Waals surface area (Å²) in [6, 6.07) is 7.15. The van der Waals surface area contributed by atoms with Crippen molar-refractivity contribution in [1.82, 2.24) is 0 Å². The van der Waals surface area contributed by atoms with Crippen LogP contribution in [0, 0.1) is 17.8 Å². The van der Waals surface area contributed by atoms with E-state index in [4.69, 9.17) is 4.74 Å². The molecule has 2 N–H and O–H groups in total. The maximum absolute atomic E-state index is 12.1. The number of nitrogens with one attached hydrogen (secondary N) is 2. The summed E-state index contributed by atoms with van der Waals surface area (Å²) >= 11 is 0. The molecule has 0 spiro atoms. The van der Waals surface area contributed by atoms with E-state index < -0.39 is 0 Å². The molecule has 1 aromatic carbocycles. The summed E-state index contributed by atoms with van der Waals surface area (Å²) < 4.78 is 4.75. The quantitative estimate of drug-likeness (QED) is 0.873. The molecule has 0 aliphatic heterocycles. The van der Waals surface area contributed by atoms with Gasteiger partial charge in [0, 0.05) is 24.4 Å². The number of methoxy groups -OCH3 is 1. The van der Waals surface area contributed by atoms with Crippen molar-refractivity contribution in [2.45, 2.75) is 19.3 Å². The van der Waals surface area contributed by atoms with E-state index in [0.717, 1.165) is 30.4 Å². The Kier molecular flexibility index (Phi) is 3.92. The van der Waals surface area contributed by atoms with Gasteiger partial charge in [0.25, 0.3) is 0 Å². The number of hydrogen-bond donors (Lipinski definition) is 2. The molecular formula is C16H20N2O3. The molecule has 0 saturated heterocycles. The van der Waals surface area contributed by atoms with Gasteiger partial charge >= 0.3 is 0 Å². The van der Waals surface area contributed by atoms with E-state index in [2.05, 4.69) is 10.6 Å². The molecule has 21 heavy (non-hydrogen) atoms. The average Bonchev–Trinajstić information content (AvgIpc) is 3.07. The van der Waals surface area contributed by atoms with Crippen molar-refractivity contribution in [3.63, 3.8) is 0 Å². The minimum atomic E-state index is -0.195. The third kappa shape index (κ3) is 3.42. The number of hydrogen-bond acceptors (Lipinski definition) is 3. The number of anilines is 2.